The van der Waals surface area contributed by atoms with Crippen molar-refractivity contribution in [2.45, 2.75) is 76.8 Å². The molecule has 3 rings (SSSR count). The molecule has 0 aliphatic carbocycles. The number of carbonyl (C=O) groups excluding carboxylic acids is 3. The average Bonchev–Trinajstić information content (AvgIpc) is 3.28. The van der Waals surface area contributed by atoms with E-state index in [1.165, 1.54) is 0 Å². The van der Waals surface area contributed by atoms with Gasteiger partial charge in [-0.2, -0.15) is 0 Å². The summed E-state index contributed by atoms with van der Waals surface area (Å²) in [5.41, 5.74) is 0.340. The van der Waals surface area contributed by atoms with Crippen molar-refractivity contribution in [2.75, 3.05) is 6.54 Å². The van der Waals surface area contributed by atoms with E-state index in [9.17, 15) is 14.4 Å². The molecule has 0 radical (unpaired) electrons. The highest BCUT2D eigenvalue weighted by atomic mass is 35.5. The van der Waals surface area contributed by atoms with Crippen molar-refractivity contribution < 1.29 is 23.9 Å². The van der Waals surface area contributed by atoms with Crippen molar-refractivity contribution in [2.24, 2.45) is 0 Å². The highest BCUT2D eigenvalue weighted by Crippen LogP contribution is 2.30. The molecule has 2 saturated heterocycles. The van der Waals surface area contributed by atoms with Crippen molar-refractivity contribution in [3.05, 3.63) is 35.9 Å². The summed E-state index contributed by atoms with van der Waals surface area (Å²) in [6.45, 7) is 7.66. The Labute approximate surface area is 183 Å². The number of esters is 2. The third-order valence-corrected chi connectivity index (χ3v) is 5.20. The van der Waals surface area contributed by atoms with E-state index in [-0.39, 0.29) is 36.4 Å². The van der Waals surface area contributed by atoms with E-state index in [2.05, 4.69) is 5.32 Å². The number of ether oxygens (including phenoxy) is 2. The van der Waals surface area contributed by atoms with Crippen molar-refractivity contribution in [1.29, 1.82) is 0 Å². The van der Waals surface area contributed by atoms with Gasteiger partial charge >= 0.3 is 11.9 Å². The summed E-state index contributed by atoms with van der Waals surface area (Å²) in [5, 5.41) is 3.09. The Morgan fingerprint density at radius 3 is 2.53 bits per heavy atom. The molecule has 2 aliphatic heterocycles. The molecule has 4 atom stereocenters. The first-order valence-electron chi connectivity index (χ1n) is 10.2. The molecule has 166 valence electrons. The van der Waals surface area contributed by atoms with Crippen LogP contribution in [0.3, 0.4) is 0 Å². The van der Waals surface area contributed by atoms with Crippen LogP contribution in [-0.4, -0.2) is 53.0 Å². The van der Waals surface area contributed by atoms with Gasteiger partial charge in [0.05, 0.1) is 6.04 Å². The van der Waals surface area contributed by atoms with Gasteiger partial charge in [-0.3, -0.25) is 14.9 Å². The van der Waals surface area contributed by atoms with Gasteiger partial charge in [0.25, 0.3) is 0 Å². The second-order valence-corrected chi connectivity index (χ2v) is 8.74. The van der Waals surface area contributed by atoms with E-state index in [1.54, 1.807) is 11.8 Å². The van der Waals surface area contributed by atoms with Crippen LogP contribution in [-0.2, 0) is 23.9 Å². The van der Waals surface area contributed by atoms with E-state index in [0.29, 0.717) is 19.4 Å². The lowest BCUT2D eigenvalue weighted by atomic mass is 10.0. The van der Waals surface area contributed by atoms with Gasteiger partial charge in [-0.1, -0.05) is 30.3 Å². The summed E-state index contributed by atoms with van der Waals surface area (Å²) in [6.07, 6.45) is 1.50. The molecule has 0 spiro atoms. The lowest BCUT2D eigenvalue weighted by Crippen LogP contribution is -2.52. The second kappa shape index (κ2) is 9.79. The third kappa shape index (κ3) is 5.73. The minimum Gasteiger partial charge on any atom is -0.458 e. The first kappa shape index (κ1) is 24.2. The molecule has 1 unspecified atom stereocenters. The first-order valence-corrected chi connectivity index (χ1v) is 10.2. The van der Waals surface area contributed by atoms with Crippen LogP contribution in [0.2, 0.25) is 0 Å². The molecule has 0 aromatic heterocycles. The molecule has 2 aliphatic rings. The predicted octanol–water partition coefficient (Wildman–Crippen LogP) is 2.78. The standard InChI is InChI=1S/C22H30N2O5.ClH/c1-14(19(25)24-12-8-11-17(24)21(27)29-22(2,3)4)23-16-13-18(28-20(16)26)15-9-6-5-7-10-15;/h5-7,9-10,14,16-18,23H,8,11-13H2,1-4H3;1H/t14?,16-,17-,18-;/m0./s1. The number of benzene rings is 1. The molecular formula is C22H31ClN2O5. The molecule has 8 heteroatoms. The molecular weight excluding hydrogens is 408 g/mol. The van der Waals surface area contributed by atoms with Gasteiger partial charge in [-0.15, -0.1) is 12.4 Å². The van der Waals surface area contributed by atoms with Gasteiger partial charge in [0.2, 0.25) is 5.91 Å². The number of hydrogen-bond acceptors (Lipinski definition) is 6. The van der Waals surface area contributed by atoms with Crippen LogP contribution in [0.25, 0.3) is 0 Å². The van der Waals surface area contributed by atoms with Crippen LogP contribution >= 0.6 is 12.4 Å². The van der Waals surface area contributed by atoms with Gasteiger partial charge in [-0.05, 0) is 46.1 Å². The average molecular weight is 439 g/mol. The number of nitrogens with one attached hydrogen (secondary N) is 1. The summed E-state index contributed by atoms with van der Waals surface area (Å²) in [5.74, 6) is -0.932. The quantitative estimate of drug-likeness (QED) is 0.711. The van der Waals surface area contributed by atoms with E-state index in [1.807, 2.05) is 51.1 Å². The number of hydrogen-bond donors (Lipinski definition) is 1. The van der Waals surface area contributed by atoms with Crippen molar-refractivity contribution in [3.8, 4) is 0 Å². The molecule has 1 N–H and O–H groups in total. The molecule has 0 saturated carbocycles. The Kier molecular flexibility index (Phi) is 7.88. The number of halogens is 1. The molecule has 2 fully saturated rings. The SMILES string of the molecule is CC(N[C@H]1C[C@@H](c2ccccc2)OC1=O)C(=O)N1CCC[C@H]1C(=O)OC(C)(C)C.Cl. The zero-order valence-corrected chi connectivity index (χ0v) is 18.7. The topological polar surface area (TPSA) is 84.9 Å². The monoisotopic (exact) mass is 438 g/mol. The highest BCUT2D eigenvalue weighted by molar-refractivity contribution is 5.89. The Bertz CT molecular complexity index is 765. The first-order chi connectivity index (χ1) is 13.7. The fourth-order valence-electron chi connectivity index (χ4n) is 3.86. The van der Waals surface area contributed by atoms with Crippen molar-refractivity contribution >= 4 is 30.3 Å². The fourth-order valence-corrected chi connectivity index (χ4v) is 3.86. The summed E-state index contributed by atoms with van der Waals surface area (Å²) >= 11 is 0. The molecule has 1 aromatic carbocycles. The van der Waals surface area contributed by atoms with Crippen LogP contribution < -0.4 is 5.32 Å². The maximum absolute atomic E-state index is 13.0. The number of rotatable bonds is 5. The summed E-state index contributed by atoms with van der Waals surface area (Å²) < 4.78 is 10.9. The van der Waals surface area contributed by atoms with E-state index in [0.717, 1.165) is 12.0 Å². The zero-order chi connectivity index (χ0) is 21.2. The van der Waals surface area contributed by atoms with Crippen LogP contribution in [0.4, 0.5) is 0 Å². The van der Waals surface area contributed by atoms with Gasteiger partial charge in [-0.25, -0.2) is 4.79 Å². The van der Waals surface area contributed by atoms with E-state index < -0.39 is 23.7 Å². The van der Waals surface area contributed by atoms with Crippen LogP contribution in [0, 0.1) is 0 Å². The Morgan fingerprint density at radius 2 is 1.90 bits per heavy atom. The molecule has 2 heterocycles. The van der Waals surface area contributed by atoms with Crippen molar-refractivity contribution in [3.63, 3.8) is 0 Å². The number of cyclic esters (lactones) is 1. The summed E-state index contributed by atoms with van der Waals surface area (Å²) in [7, 11) is 0. The Morgan fingerprint density at radius 1 is 1.23 bits per heavy atom. The van der Waals surface area contributed by atoms with Gasteiger partial charge in [0.1, 0.15) is 23.8 Å². The van der Waals surface area contributed by atoms with Crippen LogP contribution in [0.15, 0.2) is 30.3 Å². The minimum atomic E-state index is -0.606. The maximum atomic E-state index is 13.0. The number of likely N-dealkylation sites (tertiary alicyclic amines) is 1. The van der Waals surface area contributed by atoms with E-state index >= 15 is 0 Å². The van der Waals surface area contributed by atoms with Gasteiger partial charge in [0.15, 0.2) is 0 Å². The summed E-state index contributed by atoms with van der Waals surface area (Å²) in [4.78, 5) is 39.3. The fraction of sp³-hybridized carbons (Fsp3) is 0.591. The lowest BCUT2D eigenvalue weighted by molar-refractivity contribution is -0.163. The Balaban J connectivity index is 0.00000320. The minimum absolute atomic E-state index is 0. The molecule has 30 heavy (non-hydrogen) atoms. The largest absolute Gasteiger partial charge is 0.458 e. The normalized spacial score (nSPS) is 24.7. The third-order valence-electron chi connectivity index (χ3n) is 5.20. The maximum Gasteiger partial charge on any atom is 0.329 e. The van der Waals surface area contributed by atoms with Crippen molar-refractivity contribution in [1.82, 2.24) is 10.2 Å². The number of amides is 1. The van der Waals surface area contributed by atoms with Crippen LogP contribution in [0.1, 0.15) is 58.6 Å². The zero-order valence-electron chi connectivity index (χ0n) is 17.9. The predicted molar refractivity (Wildman–Crippen MR) is 114 cm³/mol. The van der Waals surface area contributed by atoms with E-state index in [4.69, 9.17) is 9.47 Å². The van der Waals surface area contributed by atoms with Gasteiger partial charge in [0, 0.05) is 13.0 Å². The van der Waals surface area contributed by atoms with Crippen LogP contribution in [0.5, 0.6) is 0 Å². The highest BCUT2D eigenvalue weighted by Gasteiger charge is 2.41. The molecule has 1 amide bonds. The second-order valence-electron chi connectivity index (χ2n) is 8.74. The molecule has 7 nitrogen and oxygen atoms in total. The Hall–Kier alpha value is -2.12. The van der Waals surface area contributed by atoms with Gasteiger partial charge < -0.3 is 14.4 Å². The molecule has 0 bridgehead atoms. The number of nitrogens with zero attached hydrogens (tertiary/aromatic N) is 1. The molecule has 1 aromatic rings. The summed E-state index contributed by atoms with van der Waals surface area (Å²) in [6, 6.07) is 7.83. The lowest BCUT2D eigenvalue weighted by Gasteiger charge is -2.29. The smallest absolute Gasteiger partial charge is 0.329 e. The number of carbonyl (C=O) groups is 3.